The number of nitrogens with one attached hydrogen (secondary N) is 1. The molecule has 0 fully saturated rings. The maximum absolute atomic E-state index is 6.13. The summed E-state index contributed by atoms with van der Waals surface area (Å²) < 4.78 is 0. The number of nitrogens with two attached hydrogens (primary N) is 1. The topological polar surface area (TPSA) is 76.7 Å². The van der Waals surface area contributed by atoms with E-state index in [1.165, 1.54) is 0 Å². The van der Waals surface area contributed by atoms with Gasteiger partial charge in [-0.05, 0) is 12.1 Å². The molecule has 0 aliphatic carbocycles. The third kappa shape index (κ3) is 1.44. The fourth-order valence-corrected chi connectivity index (χ4v) is 1.90. The summed E-state index contributed by atoms with van der Waals surface area (Å²) in [5.74, 6) is 0.567. The average molecular weight is 225 g/mol. The highest BCUT2D eigenvalue weighted by Gasteiger charge is 2.07. The Labute approximate surface area is 97.7 Å². The Balaban J connectivity index is 2.46. The van der Waals surface area contributed by atoms with Gasteiger partial charge in [-0.2, -0.15) is 0 Å². The number of aromatic nitrogens is 3. The molecule has 3 rings (SSSR count). The Kier molecular flexibility index (Phi) is 2.04. The molecule has 3 aromatic rings. The third-order valence-corrected chi connectivity index (χ3v) is 2.75. The first kappa shape index (κ1) is 9.77. The van der Waals surface area contributed by atoms with Gasteiger partial charge < -0.3 is 11.1 Å². The summed E-state index contributed by atoms with van der Waals surface area (Å²) >= 11 is 0. The van der Waals surface area contributed by atoms with Crippen molar-refractivity contribution in [3.8, 4) is 0 Å². The van der Waals surface area contributed by atoms with E-state index in [9.17, 15) is 0 Å². The van der Waals surface area contributed by atoms with Crippen LogP contribution in [0.3, 0.4) is 0 Å². The van der Waals surface area contributed by atoms with Gasteiger partial charge in [-0.15, -0.1) is 0 Å². The van der Waals surface area contributed by atoms with E-state index in [2.05, 4.69) is 20.3 Å². The Morgan fingerprint density at radius 3 is 2.94 bits per heavy atom. The van der Waals surface area contributed by atoms with E-state index in [1.54, 1.807) is 25.6 Å². The van der Waals surface area contributed by atoms with E-state index < -0.39 is 0 Å². The molecule has 84 valence electrons. The summed E-state index contributed by atoms with van der Waals surface area (Å²) in [5.41, 5.74) is 7.56. The van der Waals surface area contributed by atoms with Crippen LogP contribution in [0.25, 0.3) is 21.7 Å². The maximum atomic E-state index is 6.13. The molecule has 0 atom stereocenters. The van der Waals surface area contributed by atoms with Gasteiger partial charge in [-0.1, -0.05) is 0 Å². The molecule has 0 spiro atoms. The highest BCUT2D eigenvalue weighted by molar-refractivity contribution is 6.08. The van der Waals surface area contributed by atoms with Gasteiger partial charge in [0, 0.05) is 41.8 Å². The number of nitrogen functional groups attached to an aromatic ring is 1. The van der Waals surface area contributed by atoms with Crippen LogP contribution in [-0.2, 0) is 0 Å². The van der Waals surface area contributed by atoms with Crippen LogP contribution in [-0.4, -0.2) is 22.0 Å². The lowest BCUT2D eigenvalue weighted by Crippen LogP contribution is -1.98. The number of pyridine rings is 1. The number of benzene rings is 1. The Morgan fingerprint density at radius 1 is 1.24 bits per heavy atom. The van der Waals surface area contributed by atoms with E-state index in [4.69, 9.17) is 5.73 Å². The molecule has 2 heterocycles. The normalized spacial score (nSPS) is 10.9. The van der Waals surface area contributed by atoms with Gasteiger partial charge >= 0.3 is 0 Å². The van der Waals surface area contributed by atoms with Crippen molar-refractivity contribution < 1.29 is 0 Å². The molecule has 5 heteroatoms. The van der Waals surface area contributed by atoms with Gasteiger partial charge in [-0.25, -0.2) is 9.97 Å². The van der Waals surface area contributed by atoms with E-state index >= 15 is 0 Å². The minimum Gasteiger partial charge on any atom is -0.396 e. The molecule has 0 unspecified atom stereocenters. The number of anilines is 2. The molecule has 0 radical (unpaired) electrons. The Morgan fingerprint density at radius 2 is 2.12 bits per heavy atom. The second-order valence-electron chi connectivity index (χ2n) is 3.77. The smallest absolute Gasteiger partial charge is 0.223 e. The summed E-state index contributed by atoms with van der Waals surface area (Å²) in [5, 5.41) is 5.79. The summed E-state index contributed by atoms with van der Waals surface area (Å²) in [6.07, 6.45) is 5.28. The van der Waals surface area contributed by atoms with Crippen molar-refractivity contribution in [2.45, 2.75) is 0 Å². The van der Waals surface area contributed by atoms with Crippen molar-refractivity contribution in [3.05, 3.63) is 30.7 Å². The lowest BCUT2D eigenvalue weighted by Gasteiger charge is -2.07. The summed E-state index contributed by atoms with van der Waals surface area (Å²) in [6, 6.07) is 3.89. The minimum atomic E-state index is 0.567. The lowest BCUT2D eigenvalue weighted by molar-refractivity contribution is 1.20. The van der Waals surface area contributed by atoms with Crippen LogP contribution in [0.4, 0.5) is 11.6 Å². The number of hydrogen-bond acceptors (Lipinski definition) is 5. The van der Waals surface area contributed by atoms with E-state index in [-0.39, 0.29) is 0 Å². The fourth-order valence-electron chi connectivity index (χ4n) is 1.90. The molecular weight excluding hydrogens is 214 g/mol. The zero-order chi connectivity index (χ0) is 11.8. The second kappa shape index (κ2) is 3.55. The van der Waals surface area contributed by atoms with Gasteiger partial charge in [0.25, 0.3) is 0 Å². The van der Waals surface area contributed by atoms with E-state index in [0.717, 1.165) is 21.7 Å². The quantitative estimate of drug-likeness (QED) is 0.488. The van der Waals surface area contributed by atoms with Crippen LogP contribution in [0.15, 0.2) is 30.7 Å². The van der Waals surface area contributed by atoms with Gasteiger partial charge in [-0.3, -0.25) is 4.98 Å². The third-order valence-electron chi connectivity index (χ3n) is 2.75. The molecular formula is C12H11N5. The zero-order valence-electron chi connectivity index (χ0n) is 9.31. The molecule has 0 amide bonds. The van der Waals surface area contributed by atoms with Gasteiger partial charge in [0.15, 0.2) is 0 Å². The van der Waals surface area contributed by atoms with Crippen molar-refractivity contribution in [1.82, 2.24) is 15.0 Å². The molecule has 17 heavy (non-hydrogen) atoms. The van der Waals surface area contributed by atoms with Crippen LogP contribution in [0.1, 0.15) is 0 Å². The summed E-state index contributed by atoms with van der Waals surface area (Å²) in [4.78, 5) is 12.6. The summed E-state index contributed by atoms with van der Waals surface area (Å²) in [7, 11) is 1.78. The fraction of sp³-hybridized carbons (Fsp3) is 0.0833. The highest BCUT2D eigenvalue weighted by Crippen LogP contribution is 2.28. The maximum Gasteiger partial charge on any atom is 0.223 e. The van der Waals surface area contributed by atoms with Crippen molar-refractivity contribution >= 4 is 33.3 Å². The number of fused-ring (bicyclic) bond motifs is 2. The molecule has 0 bridgehead atoms. The molecule has 3 N–H and O–H groups in total. The lowest BCUT2D eigenvalue weighted by atomic mass is 10.1. The molecule has 1 aromatic carbocycles. The van der Waals surface area contributed by atoms with Crippen LogP contribution < -0.4 is 11.1 Å². The predicted molar refractivity (Wildman–Crippen MR) is 68.8 cm³/mol. The standard InChI is InChI=1S/C12H11N5/c1-14-12-16-6-8-4-7-5-15-3-2-9(7)10(13)11(8)17-12/h2-6H,13H2,1H3,(H,14,16,17). The van der Waals surface area contributed by atoms with E-state index in [0.29, 0.717) is 11.6 Å². The van der Waals surface area contributed by atoms with Crippen molar-refractivity contribution in [2.24, 2.45) is 0 Å². The molecule has 5 nitrogen and oxygen atoms in total. The SMILES string of the molecule is CNc1ncc2cc3cnccc3c(N)c2n1. The predicted octanol–water partition coefficient (Wildman–Crippen LogP) is 1.80. The first-order chi connectivity index (χ1) is 8.29. The van der Waals surface area contributed by atoms with Crippen LogP contribution in [0.2, 0.25) is 0 Å². The molecule has 0 saturated carbocycles. The van der Waals surface area contributed by atoms with Gasteiger partial charge in [0.2, 0.25) is 5.95 Å². The van der Waals surface area contributed by atoms with Crippen molar-refractivity contribution in [1.29, 1.82) is 0 Å². The average Bonchev–Trinajstić information content (AvgIpc) is 2.39. The largest absolute Gasteiger partial charge is 0.396 e. The minimum absolute atomic E-state index is 0.567. The summed E-state index contributed by atoms with van der Waals surface area (Å²) in [6.45, 7) is 0. The Hall–Kier alpha value is -2.43. The highest BCUT2D eigenvalue weighted by atomic mass is 15.1. The molecule has 0 aliphatic heterocycles. The monoisotopic (exact) mass is 225 g/mol. The van der Waals surface area contributed by atoms with Crippen LogP contribution >= 0.6 is 0 Å². The number of rotatable bonds is 1. The first-order valence-electron chi connectivity index (χ1n) is 5.26. The first-order valence-corrected chi connectivity index (χ1v) is 5.26. The molecule has 0 aliphatic rings. The van der Waals surface area contributed by atoms with Crippen LogP contribution in [0, 0.1) is 0 Å². The number of nitrogens with zero attached hydrogens (tertiary/aromatic N) is 3. The Bertz CT molecular complexity index is 708. The van der Waals surface area contributed by atoms with Crippen molar-refractivity contribution in [2.75, 3.05) is 18.1 Å². The van der Waals surface area contributed by atoms with Gasteiger partial charge in [0.05, 0.1) is 11.2 Å². The second-order valence-corrected chi connectivity index (χ2v) is 3.77. The van der Waals surface area contributed by atoms with E-state index in [1.807, 2.05) is 12.1 Å². The molecule has 2 aromatic heterocycles. The van der Waals surface area contributed by atoms with Crippen LogP contribution in [0.5, 0.6) is 0 Å². The van der Waals surface area contributed by atoms with Crippen molar-refractivity contribution in [3.63, 3.8) is 0 Å². The number of hydrogen-bond donors (Lipinski definition) is 2. The van der Waals surface area contributed by atoms with Gasteiger partial charge in [0.1, 0.15) is 0 Å². The zero-order valence-corrected chi connectivity index (χ0v) is 9.31. The molecule has 0 saturated heterocycles.